The zero-order valence-electron chi connectivity index (χ0n) is 14.4. The summed E-state index contributed by atoms with van der Waals surface area (Å²) in [6.45, 7) is 5.10. The predicted molar refractivity (Wildman–Crippen MR) is 108 cm³/mol. The summed E-state index contributed by atoms with van der Waals surface area (Å²) in [7, 11) is 0. The number of thiocarbonyl (C=S) groups is 1. The molecule has 0 unspecified atom stereocenters. The Morgan fingerprint density at radius 2 is 1.72 bits per heavy atom. The molecule has 0 aliphatic carbocycles. The van der Waals surface area contributed by atoms with Crippen molar-refractivity contribution >= 4 is 28.8 Å². The standard InChI is InChI=1S/C20H22N4S/c1-15(2)17-8-10-18(11-9-17)21-20(25)22-19-12-13-24(23-19)14-16-6-4-3-5-7-16/h3-13,15H,14H2,1-2H3,(H2,21,22,23,25). The van der Waals surface area contributed by atoms with Gasteiger partial charge in [0.2, 0.25) is 0 Å². The van der Waals surface area contributed by atoms with Gasteiger partial charge in [-0.25, -0.2) is 0 Å². The van der Waals surface area contributed by atoms with E-state index in [1.807, 2.05) is 47.3 Å². The smallest absolute Gasteiger partial charge is 0.176 e. The van der Waals surface area contributed by atoms with E-state index < -0.39 is 0 Å². The van der Waals surface area contributed by atoms with Crippen molar-refractivity contribution in [2.24, 2.45) is 0 Å². The zero-order chi connectivity index (χ0) is 17.6. The number of benzene rings is 2. The molecule has 0 aliphatic heterocycles. The fourth-order valence-corrected chi connectivity index (χ4v) is 2.74. The molecule has 0 spiro atoms. The molecule has 4 nitrogen and oxygen atoms in total. The summed E-state index contributed by atoms with van der Waals surface area (Å²) < 4.78 is 1.89. The molecule has 3 rings (SSSR count). The van der Waals surface area contributed by atoms with E-state index in [1.54, 1.807) is 0 Å². The number of rotatable bonds is 5. The summed E-state index contributed by atoms with van der Waals surface area (Å²) in [6, 6.07) is 20.5. The highest BCUT2D eigenvalue weighted by Gasteiger charge is 2.04. The van der Waals surface area contributed by atoms with E-state index in [1.165, 1.54) is 11.1 Å². The Kier molecular flexibility index (Phi) is 5.46. The molecule has 1 heterocycles. The molecular formula is C20H22N4S. The van der Waals surface area contributed by atoms with Crippen LogP contribution in [-0.2, 0) is 6.54 Å². The van der Waals surface area contributed by atoms with Crippen LogP contribution >= 0.6 is 12.2 Å². The number of hydrogen-bond acceptors (Lipinski definition) is 2. The summed E-state index contributed by atoms with van der Waals surface area (Å²) >= 11 is 5.37. The van der Waals surface area contributed by atoms with Gasteiger partial charge in [0.05, 0.1) is 6.54 Å². The van der Waals surface area contributed by atoms with E-state index in [-0.39, 0.29) is 0 Å². The average Bonchev–Trinajstić information content (AvgIpc) is 3.03. The maximum atomic E-state index is 5.37. The molecule has 0 atom stereocenters. The topological polar surface area (TPSA) is 41.9 Å². The number of nitrogens with one attached hydrogen (secondary N) is 2. The lowest BCUT2D eigenvalue weighted by molar-refractivity contribution is 0.690. The van der Waals surface area contributed by atoms with E-state index >= 15 is 0 Å². The predicted octanol–water partition coefficient (Wildman–Crippen LogP) is 4.86. The Morgan fingerprint density at radius 1 is 1.00 bits per heavy atom. The van der Waals surface area contributed by atoms with Gasteiger partial charge < -0.3 is 10.6 Å². The molecule has 0 fully saturated rings. The molecular weight excluding hydrogens is 328 g/mol. The van der Waals surface area contributed by atoms with Crippen molar-refractivity contribution in [3.8, 4) is 0 Å². The Morgan fingerprint density at radius 3 is 2.40 bits per heavy atom. The van der Waals surface area contributed by atoms with Gasteiger partial charge in [0, 0.05) is 18.0 Å². The van der Waals surface area contributed by atoms with E-state index in [2.05, 4.69) is 53.8 Å². The highest BCUT2D eigenvalue weighted by molar-refractivity contribution is 7.80. The molecule has 0 saturated carbocycles. The molecule has 0 radical (unpaired) electrons. The second-order valence-corrected chi connectivity index (χ2v) is 6.65. The van der Waals surface area contributed by atoms with Gasteiger partial charge in [-0.15, -0.1) is 0 Å². The number of hydrogen-bond donors (Lipinski definition) is 2. The Hall–Kier alpha value is -2.66. The third-order valence-electron chi connectivity index (χ3n) is 3.90. The van der Waals surface area contributed by atoms with Crippen LogP contribution in [0.25, 0.3) is 0 Å². The second-order valence-electron chi connectivity index (χ2n) is 6.24. The van der Waals surface area contributed by atoms with E-state index in [0.717, 1.165) is 18.1 Å². The molecule has 0 amide bonds. The first-order chi connectivity index (χ1) is 12.1. The van der Waals surface area contributed by atoms with Crippen LogP contribution < -0.4 is 10.6 Å². The van der Waals surface area contributed by atoms with Gasteiger partial charge in [-0.1, -0.05) is 56.3 Å². The quantitative estimate of drug-likeness (QED) is 0.645. The first-order valence-corrected chi connectivity index (χ1v) is 8.76. The largest absolute Gasteiger partial charge is 0.332 e. The SMILES string of the molecule is CC(C)c1ccc(NC(=S)Nc2ccn(Cc3ccccc3)n2)cc1. The average molecular weight is 350 g/mol. The van der Waals surface area contributed by atoms with Gasteiger partial charge in [0.25, 0.3) is 0 Å². The van der Waals surface area contributed by atoms with Gasteiger partial charge >= 0.3 is 0 Å². The van der Waals surface area contributed by atoms with Gasteiger partial charge in [-0.3, -0.25) is 4.68 Å². The highest BCUT2D eigenvalue weighted by Crippen LogP contribution is 2.17. The number of anilines is 2. The van der Waals surface area contributed by atoms with E-state index in [4.69, 9.17) is 12.2 Å². The van der Waals surface area contributed by atoms with Crippen molar-refractivity contribution in [1.82, 2.24) is 9.78 Å². The van der Waals surface area contributed by atoms with Crippen molar-refractivity contribution in [3.63, 3.8) is 0 Å². The molecule has 128 valence electrons. The monoisotopic (exact) mass is 350 g/mol. The lowest BCUT2D eigenvalue weighted by Crippen LogP contribution is -2.19. The maximum Gasteiger partial charge on any atom is 0.176 e. The van der Waals surface area contributed by atoms with Crippen LogP contribution in [0.15, 0.2) is 66.9 Å². The third-order valence-corrected chi connectivity index (χ3v) is 4.11. The lowest BCUT2D eigenvalue weighted by Gasteiger charge is -2.10. The second kappa shape index (κ2) is 7.94. The highest BCUT2D eigenvalue weighted by atomic mass is 32.1. The maximum absolute atomic E-state index is 5.37. The minimum Gasteiger partial charge on any atom is -0.332 e. The Labute approximate surface area is 153 Å². The molecule has 0 saturated heterocycles. The first-order valence-electron chi connectivity index (χ1n) is 8.35. The van der Waals surface area contributed by atoms with Gasteiger partial charge in [-0.2, -0.15) is 5.10 Å². The molecule has 25 heavy (non-hydrogen) atoms. The fraction of sp³-hybridized carbons (Fsp3) is 0.200. The van der Waals surface area contributed by atoms with Crippen LogP contribution in [0.5, 0.6) is 0 Å². The minimum absolute atomic E-state index is 0.521. The van der Waals surface area contributed by atoms with Crippen LogP contribution in [0.2, 0.25) is 0 Å². The molecule has 5 heteroatoms. The Bertz CT molecular complexity index is 822. The van der Waals surface area contributed by atoms with Crippen LogP contribution in [0, 0.1) is 0 Å². The van der Waals surface area contributed by atoms with Crippen molar-refractivity contribution in [2.75, 3.05) is 10.6 Å². The fourth-order valence-electron chi connectivity index (χ4n) is 2.52. The summed E-state index contributed by atoms with van der Waals surface area (Å²) in [4.78, 5) is 0. The van der Waals surface area contributed by atoms with Crippen LogP contribution in [0.4, 0.5) is 11.5 Å². The zero-order valence-corrected chi connectivity index (χ0v) is 15.3. The van der Waals surface area contributed by atoms with Crippen molar-refractivity contribution in [3.05, 3.63) is 78.0 Å². The van der Waals surface area contributed by atoms with E-state index in [0.29, 0.717) is 11.0 Å². The number of aromatic nitrogens is 2. The lowest BCUT2D eigenvalue weighted by atomic mass is 10.0. The first kappa shape index (κ1) is 17.2. The minimum atomic E-state index is 0.521. The van der Waals surface area contributed by atoms with Gasteiger partial charge in [0.1, 0.15) is 0 Å². The summed E-state index contributed by atoms with van der Waals surface area (Å²) in [6.07, 6.45) is 1.94. The van der Waals surface area contributed by atoms with Crippen LogP contribution in [-0.4, -0.2) is 14.9 Å². The van der Waals surface area contributed by atoms with Gasteiger partial charge in [-0.05, 0) is 41.4 Å². The Balaban J connectivity index is 1.56. The van der Waals surface area contributed by atoms with Crippen molar-refractivity contribution in [1.29, 1.82) is 0 Å². The van der Waals surface area contributed by atoms with Crippen molar-refractivity contribution in [2.45, 2.75) is 26.3 Å². The molecule has 1 aromatic heterocycles. The molecule has 2 aromatic carbocycles. The van der Waals surface area contributed by atoms with Crippen LogP contribution in [0.1, 0.15) is 30.9 Å². The molecule has 0 aliphatic rings. The van der Waals surface area contributed by atoms with E-state index in [9.17, 15) is 0 Å². The molecule has 2 N–H and O–H groups in total. The van der Waals surface area contributed by atoms with Gasteiger partial charge in [0.15, 0.2) is 10.9 Å². The van der Waals surface area contributed by atoms with Crippen molar-refractivity contribution < 1.29 is 0 Å². The number of nitrogens with zero attached hydrogens (tertiary/aromatic N) is 2. The molecule has 0 bridgehead atoms. The van der Waals surface area contributed by atoms with Crippen LogP contribution in [0.3, 0.4) is 0 Å². The summed E-state index contributed by atoms with van der Waals surface area (Å²) in [5.74, 6) is 1.25. The third kappa shape index (κ3) is 4.90. The summed E-state index contributed by atoms with van der Waals surface area (Å²) in [5.41, 5.74) is 3.48. The molecule has 3 aromatic rings. The summed E-state index contributed by atoms with van der Waals surface area (Å²) in [5, 5.41) is 11.3. The normalized spacial score (nSPS) is 10.7.